The highest BCUT2D eigenvalue weighted by Crippen LogP contribution is 2.15. The van der Waals surface area contributed by atoms with E-state index in [4.69, 9.17) is 4.74 Å². The standard InChI is InChI=1S/C15H18N6O4/c1-10(13(22)18-15(24)16-2)25-14(23)12(21-9-17-19-20-21)8-11-6-4-3-5-7-11/h3-7,9-10,12H,8H2,1-2H3,(H2,16,18,22,24)/t10-,12-/m0/s1. The van der Waals surface area contributed by atoms with Crippen LogP contribution >= 0.6 is 0 Å². The normalized spacial score (nSPS) is 12.7. The Bertz CT molecular complexity index is 719. The van der Waals surface area contributed by atoms with Crippen LogP contribution in [0.4, 0.5) is 4.79 Å². The monoisotopic (exact) mass is 346 g/mol. The van der Waals surface area contributed by atoms with Crippen molar-refractivity contribution in [3.63, 3.8) is 0 Å². The summed E-state index contributed by atoms with van der Waals surface area (Å²) in [6.45, 7) is 1.37. The number of rotatable bonds is 6. The fourth-order valence-electron chi connectivity index (χ4n) is 2.02. The zero-order valence-electron chi connectivity index (χ0n) is 13.7. The minimum Gasteiger partial charge on any atom is -0.451 e. The van der Waals surface area contributed by atoms with E-state index in [0.717, 1.165) is 5.56 Å². The number of hydrogen-bond donors (Lipinski definition) is 2. The maximum absolute atomic E-state index is 12.5. The van der Waals surface area contributed by atoms with Crippen molar-refractivity contribution >= 4 is 17.9 Å². The molecule has 0 aliphatic rings. The van der Waals surface area contributed by atoms with Gasteiger partial charge < -0.3 is 10.1 Å². The number of amides is 3. The molecular formula is C15H18N6O4. The number of esters is 1. The molecule has 10 heteroatoms. The Kier molecular flexibility index (Phi) is 6.15. The van der Waals surface area contributed by atoms with Crippen LogP contribution in [-0.4, -0.2) is 51.3 Å². The number of carbonyl (C=O) groups is 3. The van der Waals surface area contributed by atoms with Crippen LogP contribution in [-0.2, 0) is 20.7 Å². The minimum absolute atomic E-state index is 0.286. The van der Waals surface area contributed by atoms with Gasteiger partial charge in [0.25, 0.3) is 5.91 Å². The molecule has 0 bridgehead atoms. The molecule has 25 heavy (non-hydrogen) atoms. The van der Waals surface area contributed by atoms with Gasteiger partial charge in [-0.05, 0) is 22.9 Å². The molecule has 132 valence electrons. The molecule has 2 rings (SSSR count). The second kappa shape index (κ2) is 8.52. The maximum Gasteiger partial charge on any atom is 0.332 e. The van der Waals surface area contributed by atoms with Crippen LogP contribution in [0.15, 0.2) is 36.7 Å². The average Bonchev–Trinajstić information content (AvgIpc) is 3.14. The molecule has 0 radical (unpaired) electrons. The topological polar surface area (TPSA) is 128 Å². The average molecular weight is 346 g/mol. The summed E-state index contributed by atoms with van der Waals surface area (Å²) in [6, 6.07) is 7.73. The Hall–Kier alpha value is -3.30. The first-order chi connectivity index (χ1) is 12.0. The lowest BCUT2D eigenvalue weighted by atomic mass is 10.1. The van der Waals surface area contributed by atoms with Crippen LogP contribution in [0, 0.1) is 0 Å². The van der Waals surface area contributed by atoms with Crippen LogP contribution in [0.1, 0.15) is 18.5 Å². The van der Waals surface area contributed by atoms with Gasteiger partial charge in [0.05, 0.1) is 0 Å². The quantitative estimate of drug-likeness (QED) is 0.696. The molecule has 0 unspecified atom stereocenters. The van der Waals surface area contributed by atoms with Crippen LogP contribution in [0.2, 0.25) is 0 Å². The van der Waals surface area contributed by atoms with E-state index < -0.39 is 30.1 Å². The van der Waals surface area contributed by atoms with E-state index in [9.17, 15) is 14.4 Å². The van der Waals surface area contributed by atoms with Gasteiger partial charge in [0.15, 0.2) is 12.1 Å². The summed E-state index contributed by atoms with van der Waals surface area (Å²) in [4.78, 5) is 35.5. The first-order valence-corrected chi connectivity index (χ1v) is 7.50. The number of aromatic nitrogens is 4. The fraction of sp³-hybridized carbons (Fsp3) is 0.333. The zero-order valence-corrected chi connectivity index (χ0v) is 13.7. The number of nitrogens with one attached hydrogen (secondary N) is 2. The summed E-state index contributed by atoms with van der Waals surface area (Å²) < 4.78 is 6.43. The van der Waals surface area contributed by atoms with Gasteiger partial charge in [0.2, 0.25) is 0 Å². The van der Waals surface area contributed by atoms with Crippen molar-refractivity contribution in [1.82, 2.24) is 30.8 Å². The molecule has 2 atom stereocenters. The molecular weight excluding hydrogens is 328 g/mol. The van der Waals surface area contributed by atoms with E-state index in [1.165, 1.54) is 25.0 Å². The molecule has 1 heterocycles. The summed E-state index contributed by atoms with van der Waals surface area (Å²) in [5.74, 6) is -1.42. The third-order valence-electron chi connectivity index (χ3n) is 3.35. The lowest BCUT2D eigenvalue weighted by Gasteiger charge is -2.18. The Labute approximate surface area is 143 Å². The number of tetrazole rings is 1. The second-order valence-electron chi connectivity index (χ2n) is 5.14. The van der Waals surface area contributed by atoms with Crippen LogP contribution < -0.4 is 10.6 Å². The van der Waals surface area contributed by atoms with E-state index in [1.807, 2.05) is 35.6 Å². The lowest BCUT2D eigenvalue weighted by Crippen LogP contribution is -2.44. The van der Waals surface area contributed by atoms with Gasteiger partial charge in [-0.15, -0.1) is 5.10 Å². The van der Waals surface area contributed by atoms with E-state index in [0.29, 0.717) is 0 Å². The molecule has 1 aromatic heterocycles. The van der Waals surface area contributed by atoms with E-state index in [2.05, 4.69) is 20.8 Å². The number of benzene rings is 1. The Morgan fingerprint density at radius 1 is 1.24 bits per heavy atom. The molecule has 0 saturated heterocycles. The third-order valence-corrected chi connectivity index (χ3v) is 3.35. The van der Waals surface area contributed by atoms with Gasteiger partial charge in [-0.1, -0.05) is 30.3 Å². The number of ether oxygens (including phenoxy) is 1. The lowest BCUT2D eigenvalue weighted by molar-refractivity contribution is -0.158. The van der Waals surface area contributed by atoms with Crippen LogP contribution in [0.5, 0.6) is 0 Å². The molecule has 0 spiro atoms. The molecule has 1 aromatic carbocycles. The third kappa shape index (κ3) is 5.09. The predicted octanol–water partition coefficient (Wildman–Crippen LogP) is -0.156. The summed E-state index contributed by atoms with van der Waals surface area (Å²) in [5.41, 5.74) is 0.877. The minimum atomic E-state index is -1.15. The number of imide groups is 1. The number of nitrogens with zero attached hydrogens (tertiary/aromatic N) is 4. The van der Waals surface area contributed by atoms with E-state index >= 15 is 0 Å². The number of hydrogen-bond acceptors (Lipinski definition) is 7. The fourth-order valence-corrected chi connectivity index (χ4v) is 2.02. The van der Waals surface area contributed by atoms with Gasteiger partial charge in [0.1, 0.15) is 6.33 Å². The Morgan fingerprint density at radius 2 is 1.96 bits per heavy atom. The van der Waals surface area contributed by atoms with E-state index in [-0.39, 0.29) is 6.42 Å². The van der Waals surface area contributed by atoms with Crippen molar-refractivity contribution in [1.29, 1.82) is 0 Å². The summed E-state index contributed by atoms with van der Waals surface area (Å²) in [5, 5.41) is 15.1. The first kappa shape index (κ1) is 18.0. The summed E-state index contributed by atoms with van der Waals surface area (Å²) >= 11 is 0. The highest BCUT2D eigenvalue weighted by atomic mass is 16.5. The Balaban J connectivity index is 2.08. The first-order valence-electron chi connectivity index (χ1n) is 7.50. The van der Waals surface area contributed by atoms with E-state index in [1.54, 1.807) is 0 Å². The van der Waals surface area contributed by atoms with Crippen LogP contribution in [0.3, 0.4) is 0 Å². The molecule has 3 amide bonds. The number of carbonyl (C=O) groups excluding carboxylic acids is 3. The van der Waals surface area contributed by atoms with Crippen molar-refractivity contribution in [3.05, 3.63) is 42.2 Å². The molecule has 2 aromatic rings. The Morgan fingerprint density at radius 3 is 2.56 bits per heavy atom. The van der Waals surface area contributed by atoms with Gasteiger partial charge in [-0.2, -0.15) is 0 Å². The summed E-state index contributed by atoms with van der Waals surface area (Å²) in [6.07, 6.45) is 0.429. The molecule has 0 fully saturated rings. The van der Waals surface area contributed by atoms with Crippen molar-refractivity contribution in [2.75, 3.05) is 7.05 Å². The molecule has 0 aliphatic heterocycles. The highest BCUT2D eigenvalue weighted by molar-refractivity contribution is 5.97. The van der Waals surface area contributed by atoms with Gasteiger partial charge in [-0.3, -0.25) is 10.1 Å². The summed E-state index contributed by atoms with van der Waals surface area (Å²) in [7, 11) is 1.37. The number of urea groups is 1. The van der Waals surface area contributed by atoms with Crippen molar-refractivity contribution < 1.29 is 19.1 Å². The molecule has 0 aliphatic carbocycles. The SMILES string of the molecule is CNC(=O)NC(=O)[C@H](C)OC(=O)[C@H](Cc1ccccc1)n1cnnn1. The van der Waals surface area contributed by atoms with Crippen molar-refractivity contribution in [2.24, 2.45) is 0 Å². The zero-order chi connectivity index (χ0) is 18.2. The van der Waals surface area contributed by atoms with Gasteiger partial charge in [-0.25, -0.2) is 14.3 Å². The van der Waals surface area contributed by atoms with Gasteiger partial charge in [0, 0.05) is 13.5 Å². The molecule has 2 N–H and O–H groups in total. The van der Waals surface area contributed by atoms with Crippen molar-refractivity contribution in [2.45, 2.75) is 25.5 Å². The second-order valence-corrected chi connectivity index (χ2v) is 5.14. The van der Waals surface area contributed by atoms with Crippen LogP contribution in [0.25, 0.3) is 0 Å². The molecule has 0 saturated carbocycles. The van der Waals surface area contributed by atoms with Gasteiger partial charge >= 0.3 is 12.0 Å². The molecule has 10 nitrogen and oxygen atoms in total. The van der Waals surface area contributed by atoms with Crippen molar-refractivity contribution in [3.8, 4) is 0 Å². The highest BCUT2D eigenvalue weighted by Gasteiger charge is 2.28. The predicted molar refractivity (Wildman–Crippen MR) is 85.2 cm³/mol. The smallest absolute Gasteiger partial charge is 0.332 e. The maximum atomic E-state index is 12.5. The largest absolute Gasteiger partial charge is 0.451 e.